The minimum Gasteiger partial charge on any atom is -0.489 e. The lowest BCUT2D eigenvalue weighted by Crippen LogP contribution is -2.17. The van der Waals surface area contributed by atoms with Crippen molar-refractivity contribution < 1.29 is 14.6 Å². The summed E-state index contributed by atoms with van der Waals surface area (Å²) < 4.78 is 8.24. The van der Waals surface area contributed by atoms with Crippen molar-refractivity contribution in [2.75, 3.05) is 6.61 Å². The van der Waals surface area contributed by atoms with Crippen LogP contribution in [0.3, 0.4) is 0 Å². The minimum atomic E-state index is -0.824. The third kappa shape index (κ3) is 2.40. The Kier molecular flexibility index (Phi) is 3.57. The number of hydrogen-bond acceptors (Lipinski definition) is 2. The lowest BCUT2D eigenvalue weighted by molar-refractivity contribution is -0.136. The van der Waals surface area contributed by atoms with E-state index < -0.39 is 5.97 Å². The number of rotatable bonds is 3. The summed E-state index contributed by atoms with van der Waals surface area (Å²) in [4.78, 5) is 11.5. The molecule has 4 heteroatoms. The second kappa shape index (κ2) is 5.66. The summed E-state index contributed by atoms with van der Waals surface area (Å²) >= 11 is 0. The lowest BCUT2D eigenvalue weighted by Gasteiger charge is -2.24. The van der Waals surface area contributed by atoms with Crippen molar-refractivity contribution in [2.24, 2.45) is 0 Å². The summed E-state index contributed by atoms with van der Waals surface area (Å²) in [5, 5.41) is 10.6. The smallest absolute Gasteiger partial charge is 0.307 e. The molecule has 1 aromatic heterocycles. The fourth-order valence-electron chi connectivity index (χ4n) is 3.90. The van der Waals surface area contributed by atoms with Crippen LogP contribution in [0.2, 0.25) is 0 Å². The molecule has 0 fully saturated rings. The SMILES string of the molecule is Cc1ccc(-c2c(CC(=O)O)c(C)c3c4c2cc(C)n4CCO3)cc1. The number of nitrogens with zero attached hydrogens (tertiary/aromatic N) is 1. The predicted molar refractivity (Wildman–Crippen MR) is 98.4 cm³/mol. The first kappa shape index (κ1) is 15.8. The number of aromatic nitrogens is 1. The summed E-state index contributed by atoms with van der Waals surface area (Å²) in [6.45, 7) is 7.57. The predicted octanol–water partition coefficient (Wildman–Crippen LogP) is 4.25. The molecule has 1 aliphatic rings. The average molecular weight is 335 g/mol. The number of aryl methyl sites for hydroxylation is 2. The van der Waals surface area contributed by atoms with Gasteiger partial charge in [-0.3, -0.25) is 4.79 Å². The van der Waals surface area contributed by atoms with E-state index in [2.05, 4.69) is 48.7 Å². The molecule has 0 saturated heterocycles. The van der Waals surface area contributed by atoms with E-state index in [9.17, 15) is 9.90 Å². The molecule has 0 atom stereocenters. The summed E-state index contributed by atoms with van der Waals surface area (Å²) in [7, 11) is 0. The largest absolute Gasteiger partial charge is 0.489 e. The molecule has 0 unspecified atom stereocenters. The Morgan fingerprint density at radius 3 is 2.60 bits per heavy atom. The van der Waals surface area contributed by atoms with Crippen LogP contribution in [0.1, 0.15) is 22.4 Å². The first-order valence-corrected chi connectivity index (χ1v) is 8.54. The molecule has 4 nitrogen and oxygen atoms in total. The Morgan fingerprint density at radius 1 is 1.20 bits per heavy atom. The number of aliphatic carboxylic acids is 1. The summed E-state index contributed by atoms with van der Waals surface area (Å²) in [6, 6.07) is 10.5. The van der Waals surface area contributed by atoms with Gasteiger partial charge in [-0.2, -0.15) is 0 Å². The molecular weight excluding hydrogens is 314 g/mol. The van der Waals surface area contributed by atoms with Crippen molar-refractivity contribution in [3.63, 3.8) is 0 Å². The lowest BCUT2D eigenvalue weighted by atomic mass is 9.89. The standard InChI is InChI=1S/C21H21NO3/c1-12-4-6-15(7-5-12)19-16(11-18(23)24)14(3)21-20-17(19)10-13(2)22(20)8-9-25-21/h4-7,10H,8-9,11H2,1-3H3,(H,23,24). The highest BCUT2D eigenvalue weighted by Crippen LogP contribution is 2.44. The van der Waals surface area contributed by atoms with Crippen molar-refractivity contribution in [3.05, 3.63) is 52.7 Å². The highest BCUT2D eigenvalue weighted by molar-refractivity contribution is 6.03. The van der Waals surface area contributed by atoms with Crippen LogP contribution in [0.25, 0.3) is 22.0 Å². The van der Waals surface area contributed by atoms with E-state index in [4.69, 9.17) is 4.74 Å². The molecule has 2 heterocycles. The second-order valence-corrected chi connectivity index (χ2v) is 6.79. The van der Waals surface area contributed by atoms with Crippen LogP contribution in [0.4, 0.5) is 0 Å². The normalized spacial score (nSPS) is 13.1. The van der Waals surface area contributed by atoms with Crippen molar-refractivity contribution in [3.8, 4) is 16.9 Å². The van der Waals surface area contributed by atoms with Gasteiger partial charge in [-0.1, -0.05) is 29.8 Å². The van der Waals surface area contributed by atoms with Crippen LogP contribution in [-0.2, 0) is 17.8 Å². The average Bonchev–Trinajstić information content (AvgIpc) is 2.91. The number of carboxylic acids is 1. The first-order chi connectivity index (χ1) is 12.0. The highest BCUT2D eigenvalue weighted by atomic mass is 16.5. The second-order valence-electron chi connectivity index (χ2n) is 6.79. The van der Waals surface area contributed by atoms with Crippen molar-refractivity contribution in [1.29, 1.82) is 0 Å². The molecule has 25 heavy (non-hydrogen) atoms. The highest BCUT2D eigenvalue weighted by Gasteiger charge is 2.26. The van der Waals surface area contributed by atoms with Crippen molar-refractivity contribution in [1.82, 2.24) is 4.57 Å². The molecule has 0 bridgehead atoms. The van der Waals surface area contributed by atoms with E-state index in [1.165, 1.54) is 11.3 Å². The van der Waals surface area contributed by atoms with Gasteiger partial charge in [-0.15, -0.1) is 0 Å². The maximum Gasteiger partial charge on any atom is 0.307 e. The molecule has 128 valence electrons. The quantitative estimate of drug-likeness (QED) is 0.778. The topological polar surface area (TPSA) is 51.5 Å². The molecule has 1 aliphatic heterocycles. The van der Waals surface area contributed by atoms with Gasteiger partial charge in [0.05, 0.1) is 18.5 Å². The van der Waals surface area contributed by atoms with E-state index in [-0.39, 0.29) is 6.42 Å². The molecule has 0 spiro atoms. The van der Waals surface area contributed by atoms with Crippen LogP contribution in [0.15, 0.2) is 30.3 Å². The van der Waals surface area contributed by atoms with Gasteiger partial charge in [0.15, 0.2) is 0 Å². The first-order valence-electron chi connectivity index (χ1n) is 8.54. The van der Waals surface area contributed by atoms with Crippen molar-refractivity contribution >= 4 is 16.9 Å². The Labute approximate surface area is 146 Å². The Hall–Kier alpha value is -2.75. The molecule has 3 aromatic rings. The zero-order valence-electron chi connectivity index (χ0n) is 14.7. The van der Waals surface area contributed by atoms with Gasteiger partial charge in [0.25, 0.3) is 0 Å². The van der Waals surface area contributed by atoms with Gasteiger partial charge >= 0.3 is 5.97 Å². The van der Waals surface area contributed by atoms with E-state index in [0.717, 1.165) is 45.5 Å². The van der Waals surface area contributed by atoms with Crippen LogP contribution in [-0.4, -0.2) is 22.2 Å². The molecule has 0 amide bonds. The van der Waals surface area contributed by atoms with Gasteiger partial charge in [0, 0.05) is 11.1 Å². The van der Waals surface area contributed by atoms with E-state index in [1.54, 1.807) is 0 Å². The summed E-state index contributed by atoms with van der Waals surface area (Å²) in [5.74, 6) is 0.0106. The van der Waals surface area contributed by atoms with Crippen LogP contribution >= 0.6 is 0 Å². The fraction of sp³-hybridized carbons (Fsp3) is 0.286. The molecule has 1 N–H and O–H groups in total. The van der Waals surface area contributed by atoms with Gasteiger partial charge in [-0.05, 0) is 49.1 Å². The minimum absolute atomic E-state index is 0.00836. The van der Waals surface area contributed by atoms with Crippen molar-refractivity contribution in [2.45, 2.75) is 33.7 Å². The summed E-state index contributed by atoms with van der Waals surface area (Å²) in [5.41, 5.74) is 7.31. The van der Waals surface area contributed by atoms with Crippen LogP contribution in [0, 0.1) is 20.8 Å². The number of carboxylic acid groups (broad SMARTS) is 1. The number of hydrogen-bond donors (Lipinski definition) is 1. The van der Waals surface area contributed by atoms with E-state index in [0.29, 0.717) is 6.61 Å². The molecule has 0 saturated carbocycles. The zero-order chi connectivity index (χ0) is 17.7. The van der Waals surface area contributed by atoms with Crippen LogP contribution in [0.5, 0.6) is 5.75 Å². The number of ether oxygens (including phenoxy) is 1. The summed E-state index contributed by atoms with van der Waals surface area (Å²) in [6.07, 6.45) is -0.00836. The van der Waals surface area contributed by atoms with Gasteiger partial charge in [-0.25, -0.2) is 0 Å². The van der Waals surface area contributed by atoms with Gasteiger partial charge < -0.3 is 14.4 Å². The zero-order valence-corrected chi connectivity index (χ0v) is 14.7. The monoisotopic (exact) mass is 335 g/mol. The number of benzene rings is 2. The maximum atomic E-state index is 11.5. The van der Waals surface area contributed by atoms with Gasteiger partial charge in [0.1, 0.15) is 12.4 Å². The van der Waals surface area contributed by atoms with E-state index >= 15 is 0 Å². The molecule has 0 aliphatic carbocycles. The maximum absolute atomic E-state index is 11.5. The number of carbonyl (C=O) groups is 1. The van der Waals surface area contributed by atoms with E-state index in [1.807, 2.05) is 6.92 Å². The molecule has 4 rings (SSSR count). The molecule has 2 aromatic carbocycles. The molecule has 0 radical (unpaired) electrons. The van der Waals surface area contributed by atoms with Gasteiger partial charge in [0.2, 0.25) is 0 Å². The third-order valence-electron chi connectivity index (χ3n) is 5.11. The Balaban J connectivity index is 2.13. The molecular formula is C21H21NO3. The fourth-order valence-corrected chi connectivity index (χ4v) is 3.90. The Bertz CT molecular complexity index is 997. The Morgan fingerprint density at radius 2 is 1.92 bits per heavy atom. The third-order valence-corrected chi connectivity index (χ3v) is 5.11. The van der Waals surface area contributed by atoms with Crippen LogP contribution < -0.4 is 4.74 Å².